The Morgan fingerprint density at radius 2 is 1.80 bits per heavy atom. The van der Waals surface area contributed by atoms with Gasteiger partial charge in [0, 0.05) is 13.1 Å². The number of amides is 1. The lowest BCUT2D eigenvalue weighted by Crippen LogP contribution is -2.27. The van der Waals surface area contributed by atoms with E-state index in [1.54, 1.807) is 0 Å². The number of aromatic nitrogens is 2. The first-order valence-electron chi connectivity index (χ1n) is 6.84. The normalized spacial score (nSPS) is 10.6. The van der Waals surface area contributed by atoms with Crippen LogP contribution in [0.2, 0.25) is 10.3 Å². The standard InChI is InChI=1S/C14H10Cl2F4N4O/c15-7-5-23-14(16)24-12(7)21-2-1-3-22-13(25)6-4-8(17)10(19)11(20)9(6)18/h4-5H,1-3H2,(H,22,25)(H,21,23,24). The van der Waals surface area contributed by atoms with Gasteiger partial charge in [-0.15, -0.1) is 0 Å². The van der Waals surface area contributed by atoms with Gasteiger partial charge in [-0.25, -0.2) is 22.5 Å². The van der Waals surface area contributed by atoms with Gasteiger partial charge in [0.15, 0.2) is 23.3 Å². The summed E-state index contributed by atoms with van der Waals surface area (Å²) in [5, 5.41) is 5.34. The third kappa shape index (κ3) is 4.70. The molecule has 0 aliphatic rings. The molecule has 0 radical (unpaired) electrons. The molecule has 0 saturated carbocycles. The Morgan fingerprint density at radius 3 is 2.52 bits per heavy atom. The number of hydrogen-bond acceptors (Lipinski definition) is 4. The molecular formula is C14H10Cl2F4N4O. The summed E-state index contributed by atoms with van der Waals surface area (Å²) in [6.07, 6.45) is 1.65. The van der Waals surface area contributed by atoms with E-state index in [4.69, 9.17) is 23.2 Å². The molecule has 134 valence electrons. The number of nitrogens with one attached hydrogen (secondary N) is 2. The van der Waals surface area contributed by atoms with Crippen molar-refractivity contribution in [1.82, 2.24) is 15.3 Å². The molecule has 0 spiro atoms. The molecule has 0 atom stereocenters. The zero-order valence-electron chi connectivity index (χ0n) is 12.3. The quantitative estimate of drug-likeness (QED) is 0.257. The first-order chi connectivity index (χ1) is 11.8. The minimum atomic E-state index is -2.04. The van der Waals surface area contributed by atoms with E-state index in [-0.39, 0.29) is 16.9 Å². The number of rotatable bonds is 6. The molecule has 2 aromatic rings. The molecule has 0 bridgehead atoms. The molecule has 5 nitrogen and oxygen atoms in total. The van der Waals surface area contributed by atoms with E-state index in [2.05, 4.69) is 20.6 Å². The predicted octanol–water partition coefficient (Wildman–Crippen LogP) is 3.57. The number of anilines is 1. The zero-order valence-corrected chi connectivity index (χ0v) is 13.9. The van der Waals surface area contributed by atoms with Crippen molar-refractivity contribution in [2.24, 2.45) is 0 Å². The summed E-state index contributed by atoms with van der Waals surface area (Å²) in [4.78, 5) is 19.2. The van der Waals surface area contributed by atoms with Gasteiger partial charge in [-0.3, -0.25) is 4.79 Å². The van der Waals surface area contributed by atoms with Crippen LogP contribution in [-0.2, 0) is 0 Å². The first-order valence-corrected chi connectivity index (χ1v) is 7.60. The van der Waals surface area contributed by atoms with Crippen LogP contribution in [0, 0.1) is 23.3 Å². The average Bonchev–Trinajstić information content (AvgIpc) is 2.58. The topological polar surface area (TPSA) is 66.9 Å². The smallest absolute Gasteiger partial charge is 0.254 e. The molecule has 1 aromatic carbocycles. The van der Waals surface area contributed by atoms with Crippen LogP contribution in [0.4, 0.5) is 23.4 Å². The highest BCUT2D eigenvalue weighted by Crippen LogP contribution is 2.20. The summed E-state index contributed by atoms with van der Waals surface area (Å²) in [5.74, 6) is -8.20. The summed E-state index contributed by atoms with van der Waals surface area (Å²) in [6.45, 7) is 0.351. The van der Waals surface area contributed by atoms with Gasteiger partial charge in [-0.2, -0.15) is 4.98 Å². The maximum Gasteiger partial charge on any atom is 0.254 e. The van der Waals surface area contributed by atoms with Crippen molar-refractivity contribution in [3.8, 4) is 0 Å². The fourth-order valence-electron chi connectivity index (χ4n) is 1.80. The van der Waals surface area contributed by atoms with E-state index in [0.717, 1.165) is 0 Å². The van der Waals surface area contributed by atoms with Crippen LogP contribution in [0.25, 0.3) is 0 Å². The molecule has 0 fully saturated rings. The van der Waals surface area contributed by atoms with Gasteiger partial charge in [0.2, 0.25) is 5.28 Å². The van der Waals surface area contributed by atoms with Gasteiger partial charge in [-0.05, 0) is 24.1 Å². The third-order valence-corrected chi connectivity index (χ3v) is 3.45. The maximum atomic E-state index is 13.5. The fourth-order valence-corrected chi connectivity index (χ4v) is 2.09. The fraction of sp³-hybridized carbons (Fsp3) is 0.214. The Hall–Kier alpha value is -2.13. The van der Waals surface area contributed by atoms with Gasteiger partial charge in [0.1, 0.15) is 10.8 Å². The zero-order chi connectivity index (χ0) is 18.6. The first kappa shape index (κ1) is 19.2. The van der Waals surface area contributed by atoms with E-state index >= 15 is 0 Å². The summed E-state index contributed by atoms with van der Waals surface area (Å²) in [5.41, 5.74) is -0.921. The molecule has 1 heterocycles. The molecular weight excluding hydrogens is 387 g/mol. The van der Waals surface area contributed by atoms with Crippen LogP contribution in [0.3, 0.4) is 0 Å². The summed E-state index contributed by atoms with van der Waals surface area (Å²) < 4.78 is 52.5. The van der Waals surface area contributed by atoms with E-state index in [9.17, 15) is 22.4 Å². The third-order valence-electron chi connectivity index (χ3n) is 2.99. The van der Waals surface area contributed by atoms with Crippen molar-refractivity contribution in [3.63, 3.8) is 0 Å². The Bertz CT molecular complexity index is 807. The monoisotopic (exact) mass is 396 g/mol. The highest BCUT2D eigenvalue weighted by molar-refractivity contribution is 6.33. The lowest BCUT2D eigenvalue weighted by Gasteiger charge is -2.09. The molecule has 0 unspecified atom stereocenters. The highest BCUT2D eigenvalue weighted by Gasteiger charge is 2.22. The molecule has 0 aliphatic carbocycles. The van der Waals surface area contributed by atoms with Crippen LogP contribution in [-0.4, -0.2) is 29.0 Å². The molecule has 1 amide bonds. The van der Waals surface area contributed by atoms with Crippen LogP contribution < -0.4 is 10.6 Å². The van der Waals surface area contributed by atoms with Crippen molar-refractivity contribution < 1.29 is 22.4 Å². The van der Waals surface area contributed by atoms with E-state index < -0.39 is 34.7 Å². The van der Waals surface area contributed by atoms with Crippen molar-refractivity contribution in [2.75, 3.05) is 18.4 Å². The summed E-state index contributed by atoms with van der Waals surface area (Å²) in [6, 6.07) is 0.296. The maximum absolute atomic E-state index is 13.5. The average molecular weight is 397 g/mol. The van der Waals surface area contributed by atoms with Crippen LogP contribution in [0.5, 0.6) is 0 Å². The Kier molecular flexibility index (Phi) is 6.38. The van der Waals surface area contributed by atoms with E-state index in [1.807, 2.05) is 0 Å². The van der Waals surface area contributed by atoms with Gasteiger partial charge < -0.3 is 10.6 Å². The number of benzene rings is 1. The van der Waals surface area contributed by atoms with Gasteiger partial charge >= 0.3 is 0 Å². The number of carbonyl (C=O) groups excluding carboxylic acids is 1. The van der Waals surface area contributed by atoms with Crippen LogP contribution in [0.1, 0.15) is 16.8 Å². The van der Waals surface area contributed by atoms with Gasteiger partial charge in [0.05, 0.1) is 11.8 Å². The molecule has 2 N–H and O–H groups in total. The molecule has 11 heteroatoms. The minimum Gasteiger partial charge on any atom is -0.369 e. The van der Waals surface area contributed by atoms with Crippen molar-refractivity contribution >= 4 is 34.9 Å². The Morgan fingerprint density at radius 1 is 1.08 bits per heavy atom. The lowest BCUT2D eigenvalue weighted by atomic mass is 10.1. The van der Waals surface area contributed by atoms with E-state index in [0.29, 0.717) is 24.8 Å². The lowest BCUT2D eigenvalue weighted by molar-refractivity contribution is 0.0947. The SMILES string of the molecule is O=C(NCCCNc1nc(Cl)ncc1Cl)c1cc(F)c(F)c(F)c1F. The summed E-state index contributed by atoms with van der Waals surface area (Å²) >= 11 is 11.5. The number of carbonyl (C=O) groups is 1. The van der Waals surface area contributed by atoms with Crippen LogP contribution in [0.15, 0.2) is 12.3 Å². The Labute approximate surface area is 149 Å². The van der Waals surface area contributed by atoms with Gasteiger partial charge in [-0.1, -0.05) is 11.6 Å². The second-order valence-corrected chi connectivity index (χ2v) is 5.46. The van der Waals surface area contributed by atoms with Crippen molar-refractivity contribution in [3.05, 3.63) is 51.4 Å². The number of hydrogen-bond donors (Lipinski definition) is 2. The predicted molar refractivity (Wildman–Crippen MR) is 83.8 cm³/mol. The van der Waals surface area contributed by atoms with E-state index in [1.165, 1.54) is 6.20 Å². The van der Waals surface area contributed by atoms with Crippen molar-refractivity contribution in [1.29, 1.82) is 0 Å². The highest BCUT2D eigenvalue weighted by atomic mass is 35.5. The molecule has 0 aliphatic heterocycles. The largest absolute Gasteiger partial charge is 0.369 e. The number of halogens is 6. The second kappa shape index (κ2) is 8.30. The van der Waals surface area contributed by atoms with Crippen molar-refractivity contribution in [2.45, 2.75) is 6.42 Å². The molecule has 0 saturated heterocycles. The Balaban J connectivity index is 1.86. The van der Waals surface area contributed by atoms with Gasteiger partial charge in [0.25, 0.3) is 5.91 Å². The van der Waals surface area contributed by atoms with Crippen LogP contribution >= 0.6 is 23.2 Å². The minimum absolute atomic E-state index is 0.00367. The molecule has 25 heavy (non-hydrogen) atoms. The summed E-state index contributed by atoms with van der Waals surface area (Å²) in [7, 11) is 0. The molecule has 2 rings (SSSR count). The molecule has 1 aromatic heterocycles. The number of nitrogens with zero attached hydrogens (tertiary/aromatic N) is 2. The second-order valence-electron chi connectivity index (χ2n) is 4.72.